The molecule has 2 heterocycles. The van der Waals surface area contributed by atoms with Crippen LogP contribution in [0.3, 0.4) is 0 Å². The molecule has 0 saturated carbocycles. The summed E-state index contributed by atoms with van der Waals surface area (Å²) in [4.78, 5) is 13.6. The average molecular weight is 184 g/mol. The van der Waals surface area contributed by atoms with Crippen molar-refractivity contribution >= 4 is 5.91 Å². The molecule has 2 aliphatic rings. The van der Waals surface area contributed by atoms with Crippen LogP contribution in [0.25, 0.3) is 0 Å². The third-order valence-corrected chi connectivity index (χ3v) is 2.82. The summed E-state index contributed by atoms with van der Waals surface area (Å²) in [7, 11) is 0. The summed E-state index contributed by atoms with van der Waals surface area (Å²) >= 11 is 0. The van der Waals surface area contributed by atoms with Crippen molar-refractivity contribution in [3.8, 4) is 0 Å². The quantitative estimate of drug-likeness (QED) is 0.568. The summed E-state index contributed by atoms with van der Waals surface area (Å²) in [6.07, 6.45) is 2.49. The minimum atomic E-state index is -0.337. The van der Waals surface area contributed by atoms with Crippen molar-refractivity contribution in [2.75, 3.05) is 19.6 Å². The topological polar surface area (TPSA) is 52.6 Å². The van der Waals surface area contributed by atoms with Gasteiger partial charge >= 0.3 is 0 Å². The summed E-state index contributed by atoms with van der Waals surface area (Å²) in [5.41, 5.74) is 0. The molecular weight excluding hydrogens is 168 g/mol. The molecule has 13 heavy (non-hydrogen) atoms. The Labute approximate surface area is 77.9 Å². The molecule has 0 aromatic heterocycles. The number of nitrogens with one attached hydrogen (secondary N) is 1. The molecule has 0 bridgehead atoms. The number of hydrogen-bond acceptors (Lipinski definition) is 3. The van der Waals surface area contributed by atoms with E-state index < -0.39 is 0 Å². The lowest BCUT2D eigenvalue weighted by molar-refractivity contribution is -0.132. The molecule has 2 N–H and O–H groups in total. The van der Waals surface area contributed by atoms with Crippen molar-refractivity contribution in [2.45, 2.75) is 31.4 Å². The molecule has 4 nitrogen and oxygen atoms in total. The van der Waals surface area contributed by atoms with E-state index >= 15 is 0 Å². The largest absolute Gasteiger partial charge is 0.392 e. The van der Waals surface area contributed by atoms with Gasteiger partial charge in [-0.2, -0.15) is 0 Å². The Morgan fingerprint density at radius 1 is 1.38 bits per heavy atom. The van der Waals surface area contributed by atoms with Gasteiger partial charge in [-0.3, -0.25) is 4.79 Å². The summed E-state index contributed by atoms with van der Waals surface area (Å²) < 4.78 is 0. The zero-order chi connectivity index (χ0) is 9.26. The van der Waals surface area contributed by atoms with E-state index in [4.69, 9.17) is 0 Å². The lowest BCUT2D eigenvalue weighted by Gasteiger charge is -2.19. The molecule has 2 rings (SSSR count). The lowest BCUT2D eigenvalue weighted by Crippen LogP contribution is -2.42. The van der Waals surface area contributed by atoms with E-state index in [1.54, 1.807) is 0 Å². The Morgan fingerprint density at radius 3 is 2.62 bits per heavy atom. The van der Waals surface area contributed by atoms with Gasteiger partial charge in [-0.05, 0) is 19.3 Å². The maximum atomic E-state index is 11.7. The molecule has 2 saturated heterocycles. The molecule has 4 heteroatoms. The van der Waals surface area contributed by atoms with Gasteiger partial charge in [-0.1, -0.05) is 0 Å². The van der Waals surface area contributed by atoms with E-state index in [0.717, 1.165) is 25.9 Å². The second-order valence-electron chi connectivity index (χ2n) is 3.88. The fourth-order valence-electron chi connectivity index (χ4n) is 2.06. The number of nitrogens with zero attached hydrogens (tertiary/aromatic N) is 1. The van der Waals surface area contributed by atoms with Crippen LogP contribution in [0.5, 0.6) is 0 Å². The molecule has 0 radical (unpaired) electrons. The standard InChI is InChI=1S/C9H16N2O2/c12-7-5-8(10-6-7)9(13)11-3-1-2-4-11/h7-8,10,12H,1-6H2/t7?,8-/m0/s1. The van der Waals surface area contributed by atoms with E-state index in [2.05, 4.69) is 5.32 Å². The van der Waals surface area contributed by atoms with Crippen molar-refractivity contribution in [3.63, 3.8) is 0 Å². The van der Waals surface area contributed by atoms with Crippen molar-refractivity contribution in [3.05, 3.63) is 0 Å². The predicted molar refractivity (Wildman–Crippen MR) is 48.2 cm³/mol. The second-order valence-corrected chi connectivity index (χ2v) is 3.88. The molecule has 0 aromatic rings. The first-order valence-corrected chi connectivity index (χ1v) is 4.97. The van der Waals surface area contributed by atoms with Crippen LogP contribution in [-0.4, -0.2) is 47.7 Å². The molecule has 1 unspecified atom stereocenters. The van der Waals surface area contributed by atoms with Crippen LogP contribution in [0.2, 0.25) is 0 Å². The van der Waals surface area contributed by atoms with Gasteiger partial charge in [0.2, 0.25) is 5.91 Å². The number of aliphatic hydroxyl groups is 1. The molecular formula is C9H16N2O2. The minimum absolute atomic E-state index is 0.131. The molecule has 0 aliphatic carbocycles. The molecule has 1 amide bonds. The normalized spacial score (nSPS) is 34.1. The Hall–Kier alpha value is -0.610. The van der Waals surface area contributed by atoms with Crippen molar-refractivity contribution in [1.29, 1.82) is 0 Å². The van der Waals surface area contributed by atoms with Crippen LogP contribution in [0.15, 0.2) is 0 Å². The van der Waals surface area contributed by atoms with Crippen LogP contribution in [0.1, 0.15) is 19.3 Å². The van der Waals surface area contributed by atoms with Crippen LogP contribution in [-0.2, 0) is 4.79 Å². The fraction of sp³-hybridized carbons (Fsp3) is 0.889. The predicted octanol–water partition coefficient (Wildman–Crippen LogP) is -0.668. The van der Waals surface area contributed by atoms with Crippen molar-refractivity contribution in [2.24, 2.45) is 0 Å². The molecule has 2 aliphatic heterocycles. The number of hydrogen-bond donors (Lipinski definition) is 2. The van der Waals surface area contributed by atoms with E-state index in [1.165, 1.54) is 0 Å². The number of amides is 1. The Kier molecular flexibility index (Phi) is 2.51. The van der Waals surface area contributed by atoms with Crippen LogP contribution in [0, 0.1) is 0 Å². The number of aliphatic hydroxyl groups excluding tert-OH is 1. The highest BCUT2D eigenvalue weighted by atomic mass is 16.3. The Bertz CT molecular complexity index is 202. The summed E-state index contributed by atoms with van der Waals surface area (Å²) in [5.74, 6) is 0.175. The second kappa shape index (κ2) is 3.64. The first-order valence-electron chi connectivity index (χ1n) is 4.97. The van der Waals surface area contributed by atoms with Crippen molar-refractivity contribution < 1.29 is 9.90 Å². The fourth-order valence-corrected chi connectivity index (χ4v) is 2.06. The van der Waals surface area contributed by atoms with Crippen LogP contribution < -0.4 is 5.32 Å². The smallest absolute Gasteiger partial charge is 0.239 e. The van der Waals surface area contributed by atoms with Gasteiger partial charge < -0.3 is 15.3 Å². The maximum absolute atomic E-state index is 11.7. The van der Waals surface area contributed by atoms with Crippen LogP contribution >= 0.6 is 0 Å². The zero-order valence-corrected chi connectivity index (χ0v) is 7.70. The molecule has 2 atom stereocenters. The Balaban J connectivity index is 1.89. The monoisotopic (exact) mass is 184 g/mol. The Morgan fingerprint density at radius 2 is 2.08 bits per heavy atom. The highest BCUT2D eigenvalue weighted by molar-refractivity contribution is 5.82. The summed E-state index contributed by atoms with van der Waals surface area (Å²) in [6.45, 7) is 2.35. The van der Waals surface area contributed by atoms with Gasteiger partial charge in [-0.25, -0.2) is 0 Å². The first-order chi connectivity index (χ1) is 6.27. The number of likely N-dealkylation sites (tertiary alicyclic amines) is 1. The van der Waals surface area contributed by atoms with E-state index in [-0.39, 0.29) is 18.1 Å². The molecule has 2 fully saturated rings. The number of rotatable bonds is 1. The van der Waals surface area contributed by atoms with Crippen molar-refractivity contribution in [1.82, 2.24) is 10.2 Å². The van der Waals surface area contributed by atoms with E-state index in [0.29, 0.717) is 13.0 Å². The highest BCUT2D eigenvalue weighted by Crippen LogP contribution is 2.14. The summed E-state index contributed by atoms with van der Waals surface area (Å²) in [5, 5.41) is 12.3. The van der Waals surface area contributed by atoms with Gasteiger partial charge in [0, 0.05) is 19.6 Å². The molecule has 0 aromatic carbocycles. The number of carbonyl (C=O) groups excluding carboxylic acids is 1. The van der Waals surface area contributed by atoms with Gasteiger partial charge in [0.1, 0.15) is 0 Å². The maximum Gasteiger partial charge on any atom is 0.239 e. The SMILES string of the molecule is O=C([C@@H]1CC(O)CN1)N1CCCC1. The minimum Gasteiger partial charge on any atom is -0.392 e. The lowest BCUT2D eigenvalue weighted by atomic mass is 10.2. The zero-order valence-electron chi connectivity index (χ0n) is 7.70. The van der Waals surface area contributed by atoms with Crippen LogP contribution in [0.4, 0.5) is 0 Å². The highest BCUT2D eigenvalue weighted by Gasteiger charge is 2.32. The molecule has 74 valence electrons. The first kappa shape index (κ1) is 8.97. The number of β-amino-alcohol motifs (C(OH)–C–C–N with tert-alkyl or cyclic N) is 1. The van der Waals surface area contributed by atoms with Gasteiger partial charge in [0.25, 0.3) is 0 Å². The summed E-state index contributed by atoms with van der Waals surface area (Å²) in [6, 6.07) is -0.131. The van der Waals surface area contributed by atoms with E-state index in [1.807, 2.05) is 4.90 Å². The van der Waals surface area contributed by atoms with E-state index in [9.17, 15) is 9.90 Å². The van der Waals surface area contributed by atoms with Gasteiger partial charge in [0.15, 0.2) is 0 Å². The van der Waals surface area contributed by atoms with Gasteiger partial charge in [-0.15, -0.1) is 0 Å². The molecule has 0 spiro atoms. The van der Waals surface area contributed by atoms with Gasteiger partial charge in [0.05, 0.1) is 12.1 Å². The average Bonchev–Trinajstić information content (AvgIpc) is 2.72. The third kappa shape index (κ3) is 1.84. The number of carbonyl (C=O) groups is 1. The third-order valence-electron chi connectivity index (χ3n) is 2.82.